The minimum atomic E-state index is -1.13. The highest BCUT2D eigenvalue weighted by Crippen LogP contribution is 2.33. The molecule has 1 aromatic carbocycles. The number of amides is 2. The molecule has 0 radical (unpaired) electrons. The number of anilines is 1. The number of carbonyl (C=O) groups is 2. The molecule has 1 atom stereocenters. The number of carboxylic acid groups (broad SMARTS) is 1. The molecule has 114 valence electrons. The van der Waals surface area contributed by atoms with Crippen LogP contribution in [0, 0.1) is 0 Å². The van der Waals surface area contributed by atoms with Crippen molar-refractivity contribution < 1.29 is 14.7 Å². The maximum Gasteiger partial charge on any atom is 0.329 e. The molecule has 0 aliphatic carbocycles. The highest BCUT2D eigenvalue weighted by atomic mass is 35.5. The first-order valence-corrected chi connectivity index (χ1v) is 7.43. The number of urea groups is 1. The van der Waals surface area contributed by atoms with Crippen LogP contribution in [-0.2, 0) is 4.79 Å². The molecule has 1 aliphatic heterocycles. The molecular formula is C14H16Cl2N2O3. The van der Waals surface area contributed by atoms with Crippen LogP contribution in [0.25, 0.3) is 0 Å². The monoisotopic (exact) mass is 330 g/mol. The van der Waals surface area contributed by atoms with Gasteiger partial charge in [-0.1, -0.05) is 30.1 Å². The molecule has 2 rings (SSSR count). The minimum absolute atomic E-state index is 0.367. The summed E-state index contributed by atoms with van der Waals surface area (Å²) >= 11 is 11.8. The van der Waals surface area contributed by atoms with Gasteiger partial charge in [0.2, 0.25) is 0 Å². The summed E-state index contributed by atoms with van der Waals surface area (Å²) in [7, 11) is 0. The zero-order chi connectivity index (χ0) is 15.6. The van der Waals surface area contributed by atoms with E-state index in [4.69, 9.17) is 23.2 Å². The van der Waals surface area contributed by atoms with E-state index in [-0.39, 0.29) is 0 Å². The summed E-state index contributed by atoms with van der Waals surface area (Å²) in [6.07, 6.45) is 1.50. The molecule has 0 aromatic heterocycles. The zero-order valence-corrected chi connectivity index (χ0v) is 13.0. The predicted molar refractivity (Wildman–Crippen MR) is 82.1 cm³/mol. The number of rotatable bonds is 3. The molecule has 7 heteroatoms. The molecule has 1 unspecified atom stereocenters. The summed E-state index contributed by atoms with van der Waals surface area (Å²) in [6, 6.07) is 4.24. The van der Waals surface area contributed by atoms with E-state index in [9.17, 15) is 14.7 Å². The number of benzene rings is 1. The van der Waals surface area contributed by atoms with Gasteiger partial charge in [-0.15, -0.1) is 0 Å². The van der Waals surface area contributed by atoms with Gasteiger partial charge in [0.25, 0.3) is 0 Å². The number of carboxylic acids is 1. The number of hydrogen-bond acceptors (Lipinski definition) is 2. The number of likely N-dealkylation sites (tertiary alicyclic amines) is 1. The predicted octanol–water partition coefficient (Wildman–Crippen LogP) is 3.85. The van der Waals surface area contributed by atoms with Crippen LogP contribution in [0.3, 0.4) is 0 Å². The van der Waals surface area contributed by atoms with Crippen molar-refractivity contribution in [3.05, 3.63) is 28.2 Å². The van der Waals surface area contributed by atoms with Gasteiger partial charge in [0.05, 0.1) is 0 Å². The standard InChI is InChI=1S/C14H16Cl2N2O3/c1-2-14(12(19)20)4-3-5-18(14)13(21)17-11-7-9(15)6-10(16)8-11/h6-8H,2-5H2,1H3,(H,17,21)(H,19,20). The van der Waals surface area contributed by atoms with Crippen LogP contribution in [0.1, 0.15) is 26.2 Å². The molecule has 1 aliphatic rings. The number of hydrogen-bond donors (Lipinski definition) is 2. The average Bonchev–Trinajstić information content (AvgIpc) is 2.82. The van der Waals surface area contributed by atoms with Gasteiger partial charge in [-0.05, 0) is 37.5 Å². The smallest absolute Gasteiger partial charge is 0.329 e. The Balaban J connectivity index is 2.21. The van der Waals surface area contributed by atoms with Crippen molar-refractivity contribution in [1.29, 1.82) is 0 Å². The highest BCUT2D eigenvalue weighted by Gasteiger charge is 2.48. The average molecular weight is 331 g/mol. The summed E-state index contributed by atoms with van der Waals surface area (Å²) in [5.41, 5.74) is -0.688. The van der Waals surface area contributed by atoms with Crippen LogP contribution >= 0.6 is 23.2 Å². The second-order valence-corrected chi connectivity index (χ2v) is 5.91. The van der Waals surface area contributed by atoms with Gasteiger partial charge < -0.3 is 15.3 Å². The molecule has 1 fully saturated rings. The Hall–Kier alpha value is -1.46. The molecule has 1 saturated heterocycles. The Bertz CT molecular complexity index is 559. The number of nitrogens with one attached hydrogen (secondary N) is 1. The molecule has 5 nitrogen and oxygen atoms in total. The van der Waals surface area contributed by atoms with Crippen molar-refractivity contribution in [3.8, 4) is 0 Å². The Labute approximate surface area is 132 Å². The largest absolute Gasteiger partial charge is 0.479 e. The fraction of sp³-hybridized carbons (Fsp3) is 0.429. The Morgan fingerprint density at radius 1 is 1.33 bits per heavy atom. The molecule has 0 saturated carbocycles. The SMILES string of the molecule is CCC1(C(=O)O)CCCN1C(=O)Nc1cc(Cl)cc(Cl)c1. The Kier molecular flexibility index (Phi) is 4.64. The highest BCUT2D eigenvalue weighted by molar-refractivity contribution is 6.35. The lowest BCUT2D eigenvalue weighted by molar-refractivity contribution is -0.148. The summed E-state index contributed by atoms with van der Waals surface area (Å²) in [5.74, 6) is -0.971. The first-order valence-electron chi connectivity index (χ1n) is 6.67. The lowest BCUT2D eigenvalue weighted by atomic mass is 9.93. The van der Waals surface area contributed by atoms with Crippen LogP contribution in [-0.4, -0.2) is 34.1 Å². The van der Waals surface area contributed by atoms with Crippen molar-refractivity contribution in [3.63, 3.8) is 0 Å². The molecule has 1 heterocycles. The van der Waals surface area contributed by atoms with Crippen LogP contribution in [0.4, 0.5) is 10.5 Å². The first-order chi connectivity index (χ1) is 9.89. The van der Waals surface area contributed by atoms with Crippen molar-refractivity contribution in [2.45, 2.75) is 31.7 Å². The molecule has 2 N–H and O–H groups in total. The van der Waals surface area contributed by atoms with Crippen LogP contribution in [0.2, 0.25) is 10.0 Å². The van der Waals surface area contributed by atoms with Crippen LogP contribution in [0.15, 0.2) is 18.2 Å². The number of aliphatic carboxylic acids is 1. The fourth-order valence-electron chi connectivity index (χ4n) is 2.73. The van der Waals surface area contributed by atoms with Crippen LogP contribution in [0.5, 0.6) is 0 Å². The third-order valence-corrected chi connectivity index (χ3v) is 4.27. The quantitative estimate of drug-likeness (QED) is 0.884. The summed E-state index contributed by atoms with van der Waals surface area (Å²) in [4.78, 5) is 25.3. The number of halogens is 2. The summed E-state index contributed by atoms with van der Waals surface area (Å²) in [5, 5.41) is 12.9. The van der Waals surface area contributed by atoms with Crippen LogP contribution < -0.4 is 5.32 Å². The minimum Gasteiger partial charge on any atom is -0.479 e. The van der Waals surface area contributed by atoms with Crippen molar-refractivity contribution >= 4 is 40.9 Å². The normalized spacial score (nSPS) is 21.4. The van der Waals surface area contributed by atoms with Crippen molar-refractivity contribution in [2.24, 2.45) is 0 Å². The fourth-order valence-corrected chi connectivity index (χ4v) is 3.26. The van der Waals surface area contributed by atoms with E-state index in [2.05, 4.69) is 5.32 Å². The topological polar surface area (TPSA) is 69.6 Å². The molecular weight excluding hydrogens is 315 g/mol. The molecule has 1 aromatic rings. The maximum atomic E-state index is 12.4. The Morgan fingerprint density at radius 2 is 1.95 bits per heavy atom. The second kappa shape index (κ2) is 6.12. The third kappa shape index (κ3) is 3.09. The lowest BCUT2D eigenvalue weighted by Gasteiger charge is -2.33. The van der Waals surface area contributed by atoms with Gasteiger partial charge in [-0.3, -0.25) is 0 Å². The van der Waals surface area contributed by atoms with E-state index < -0.39 is 17.5 Å². The third-order valence-electron chi connectivity index (χ3n) is 3.83. The van der Waals surface area contributed by atoms with Crippen molar-refractivity contribution in [1.82, 2.24) is 4.90 Å². The zero-order valence-electron chi connectivity index (χ0n) is 11.5. The number of nitrogens with zero attached hydrogens (tertiary/aromatic N) is 1. The van der Waals surface area contributed by atoms with Gasteiger partial charge in [0, 0.05) is 22.3 Å². The van der Waals surface area contributed by atoms with Gasteiger partial charge in [0.1, 0.15) is 5.54 Å². The Morgan fingerprint density at radius 3 is 2.48 bits per heavy atom. The molecule has 2 amide bonds. The van der Waals surface area contributed by atoms with E-state index >= 15 is 0 Å². The van der Waals surface area contributed by atoms with Gasteiger partial charge in [-0.25, -0.2) is 9.59 Å². The molecule has 21 heavy (non-hydrogen) atoms. The molecule has 0 bridgehead atoms. The van der Waals surface area contributed by atoms with Gasteiger partial charge >= 0.3 is 12.0 Å². The summed E-state index contributed by atoms with van der Waals surface area (Å²) in [6.45, 7) is 2.19. The lowest BCUT2D eigenvalue weighted by Crippen LogP contribution is -2.54. The van der Waals surface area contributed by atoms with E-state index in [0.29, 0.717) is 41.5 Å². The van der Waals surface area contributed by atoms with E-state index in [0.717, 1.165) is 0 Å². The van der Waals surface area contributed by atoms with E-state index in [1.165, 1.54) is 4.90 Å². The first kappa shape index (κ1) is 15.9. The number of carbonyl (C=O) groups excluding carboxylic acids is 1. The molecule has 0 spiro atoms. The van der Waals surface area contributed by atoms with E-state index in [1.807, 2.05) is 0 Å². The van der Waals surface area contributed by atoms with E-state index in [1.54, 1.807) is 25.1 Å². The maximum absolute atomic E-state index is 12.4. The van der Waals surface area contributed by atoms with Gasteiger partial charge in [0.15, 0.2) is 0 Å². The van der Waals surface area contributed by atoms with Gasteiger partial charge in [-0.2, -0.15) is 0 Å². The van der Waals surface area contributed by atoms with Crippen molar-refractivity contribution in [2.75, 3.05) is 11.9 Å². The summed E-state index contributed by atoms with van der Waals surface area (Å²) < 4.78 is 0. The second-order valence-electron chi connectivity index (χ2n) is 5.03.